The zero-order valence-corrected chi connectivity index (χ0v) is 15.6. The number of nitrogens with zero attached hydrogens (tertiary/aromatic N) is 2. The van der Waals surface area contributed by atoms with E-state index >= 15 is 0 Å². The number of carbonyl (C=O) groups is 1. The van der Waals surface area contributed by atoms with Gasteiger partial charge in [0.25, 0.3) is 0 Å². The molecule has 0 atom stereocenters. The largest absolute Gasteiger partial charge is 0.496 e. The highest BCUT2D eigenvalue weighted by molar-refractivity contribution is 7.89. The van der Waals surface area contributed by atoms with Crippen LogP contribution in [0, 0.1) is 0 Å². The monoisotopic (exact) mass is 383 g/mol. The number of carbonyl (C=O) groups excluding carboxylic acids is 1. The number of benzene rings is 1. The molecule has 7 nitrogen and oxygen atoms in total. The van der Waals surface area contributed by atoms with Crippen molar-refractivity contribution in [3.63, 3.8) is 0 Å². The first kappa shape index (κ1) is 19.2. The fourth-order valence-electron chi connectivity index (χ4n) is 2.18. The number of ether oxygens (including phenoxy) is 1. The maximum absolute atomic E-state index is 12.7. The maximum atomic E-state index is 12.7. The van der Waals surface area contributed by atoms with Crippen LogP contribution in [0.1, 0.15) is 0 Å². The van der Waals surface area contributed by atoms with E-state index in [1.54, 1.807) is 18.3 Å². The molecule has 1 amide bonds. The second-order valence-electron chi connectivity index (χ2n) is 5.19. The van der Waals surface area contributed by atoms with E-state index in [0.29, 0.717) is 21.9 Å². The van der Waals surface area contributed by atoms with Crippen molar-refractivity contribution >= 4 is 27.5 Å². The minimum absolute atomic E-state index is 0.0367. The molecule has 0 spiro atoms. The van der Waals surface area contributed by atoms with Crippen LogP contribution in [-0.2, 0) is 14.8 Å². The molecule has 1 heterocycles. The highest BCUT2D eigenvalue weighted by Crippen LogP contribution is 2.33. The van der Waals surface area contributed by atoms with Crippen molar-refractivity contribution in [2.45, 2.75) is 4.90 Å². The summed E-state index contributed by atoms with van der Waals surface area (Å²) in [7, 11) is 0.430. The normalized spacial score (nSPS) is 11.4. The van der Waals surface area contributed by atoms with Gasteiger partial charge in [0, 0.05) is 37.6 Å². The molecule has 0 unspecified atom stereocenters. The predicted octanol–water partition coefficient (Wildman–Crippen LogP) is 1.78. The van der Waals surface area contributed by atoms with E-state index < -0.39 is 15.9 Å². The van der Waals surface area contributed by atoms with E-state index in [-0.39, 0.29) is 11.4 Å². The number of rotatable bonds is 6. The molecule has 1 N–H and O–H groups in total. The van der Waals surface area contributed by atoms with Crippen LogP contribution >= 0.6 is 11.6 Å². The Hall–Kier alpha value is -2.16. The van der Waals surface area contributed by atoms with E-state index in [4.69, 9.17) is 16.3 Å². The summed E-state index contributed by atoms with van der Waals surface area (Å²) >= 11 is 5.97. The third-order valence-electron chi connectivity index (χ3n) is 3.54. The van der Waals surface area contributed by atoms with Crippen LogP contribution < -0.4 is 10.1 Å². The molecule has 1 aromatic carbocycles. The zero-order valence-electron chi connectivity index (χ0n) is 14.0. The van der Waals surface area contributed by atoms with Gasteiger partial charge in [0.1, 0.15) is 5.75 Å². The van der Waals surface area contributed by atoms with Gasteiger partial charge >= 0.3 is 0 Å². The lowest BCUT2D eigenvalue weighted by Crippen LogP contribution is -2.36. The standard InChI is InChI=1S/C16H18ClN3O4S/c1-18-16(21)10-20(2)25(22,23)13-4-5-15(24-3)14(7-13)11-6-12(17)9-19-8-11/h4-9H,10H2,1-3H3,(H,18,21). The molecule has 25 heavy (non-hydrogen) atoms. The van der Waals surface area contributed by atoms with Gasteiger partial charge in [-0.25, -0.2) is 8.42 Å². The van der Waals surface area contributed by atoms with Gasteiger partial charge in [-0.1, -0.05) is 11.6 Å². The number of likely N-dealkylation sites (N-methyl/N-ethyl adjacent to an activating group) is 2. The van der Waals surface area contributed by atoms with Crippen LogP contribution in [-0.4, -0.2) is 51.4 Å². The molecule has 0 aliphatic carbocycles. The van der Waals surface area contributed by atoms with Gasteiger partial charge in [-0.3, -0.25) is 9.78 Å². The summed E-state index contributed by atoms with van der Waals surface area (Å²) < 4.78 is 31.7. The van der Waals surface area contributed by atoms with Gasteiger partial charge in [-0.15, -0.1) is 0 Å². The lowest BCUT2D eigenvalue weighted by molar-refractivity contribution is -0.120. The first-order chi connectivity index (χ1) is 11.8. The molecule has 0 aliphatic heterocycles. The predicted molar refractivity (Wildman–Crippen MR) is 95.1 cm³/mol. The molecular weight excluding hydrogens is 366 g/mol. The first-order valence-electron chi connectivity index (χ1n) is 7.25. The Morgan fingerprint density at radius 1 is 1.32 bits per heavy atom. The number of methoxy groups -OCH3 is 1. The Labute approximate surface area is 151 Å². The van der Waals surface area contributed by atoms with Gasteiger partial charge in [-0.2, -0.15) is 4.31 Å². The van der Waals surface area contributed by atoms with Gasteiger partial charge < -0.3 is 10.1 Å². The third-order valence-corrected chi connectivity index (χ3v) is 5.55. The van der Waals surface area contributed by atoms with E-state index in [0.717, 1.165) is 4.31 Å². The molecule has 0 saturated carbocycles. The summed E-state index contributed by atoms with van der Waals surface area (Å²) in [5.74, 6) is 0.0795. The molecule has 0 fully saturated rings. The van der Waals surface area contributed by atoms with Crippen molar-refractivity contribution in [1.82, 2.24) is 14.6 Å². The molecule has 9 heteroatoms. The van der Waals surface area contributed by atoms with Crippen molar-refractivity contribution < 1.29 is 17.9 Å². The second kappa shape index (κ2) is 7.81. The number of nitrogens with one attached hydrogen (secondary N) is 1. The molecule has 0 saturated heterocycles. The Morgan fingerprint density at radius 2 is 2.04 bits per heavy atom. The first-order valence-corrected chi connectivity index (χ1v) is 9.07. The van der Waals surface area contributed by atoms with Crippen molar-refractivity contribution in [3.8, 4) is 16.9 Å². The van der Waals surface area contributed by atoms with Gasteiger partial charge in [-0.05, 0) is 24.3 Å². The van der Waals surface area contributed by atoms with Crippen LogP contribution in [0.4, 0.5) is 0 Å². The van der Waals surface area contributed by atoms with E-state index in [9.17, 15) is 13.2 Å². The Kier molecular flexibility index (Phi) is 5.99. The Balaban J connectivity index is 2.50. The SMILES string of the molecule is CNC(=O)CN(C)S(=O)(=O)c1ccc(OC)c(-c2cncc(Cl)c2)c1. The summed E-state index contributed by atoms with van der Waals surface area (Å²) in [5.41, 5.74) is 1.15. The lowest BCUT2D eigenvalue weighted by atomic mass is 10.1. The van der Waals surface area contributed by atoms with Crippen molar-refractivity contribution in [1.29, 1.82) is 0 Å². The number of sulfonamides is 1. The van der Waals surface area contributed by atoms with Gasteiger partial charge in [0.05, 0.1) is 23.6 Å². The molecule has 2 rings (SSSR count). The summed E-state index contributed by atoms with van der Waals surface area (Å²) in [6.45, 7) is -0.279. The topological polar surface area (TPSA) is 88.6 Å². The van der Waals surface area contributed by atoms with Crippen molar-refractivity contribution in [2.24, 2.45) is 0 Å². The lowest BCUT2D eigenvalue weighted by Gasteiger charge is -2.18. The van der Waals surface area contributed by atoms with E-state index in [2.05, 4.69) is 10.3 Å². The van der Waals surface area contributed by atoms with E-state index in [1.165, 1.54) is 39.5 Å². The summed E-state index contributed by atoms with van der Waals surface area (Å²) in [6, 6.07) is 6.12. The van der Waals surface area contributed by atoms with Crippen molar-refractivity contribution in [2.75, 3.05) is 27.7 Å². The summed E-state index contributed by atoms with van der Waals surface area (Å²) in [6.07, 6.45) is 3.05. The Morgan fingerprint density at radius 3 is 2.64 bits per heavy atom. The number of hydrogen-bond donors (Lipinski definition) is 1. The number of amides is 1. The molecule has 0 bridgehead atoms. The minimum atomic E-state index is -3.85. The zero-order chi connectivity index (χ0) is 18.6. The third kappa shape index (κ3) is 4.28. The number of aromatic nitrogens is 1. The summed E-state index contributed by atoms with van der Waals surface area (Å²) in [4.78, 5) is 15.5. The molecule has 0 aliphatic rings. The van der Waals surface area contributed by atoms with Crippen LogP contribution in [0.25, 0.3) is 11.1 Å². The second-order valence-corrected chi connectivity index (χ2v) is 7.67. The van der Waals surface area contributed by atoms with Crippen LogP contribution in [0.15, 0.2) is 41.6 Å². The maximum Gasteiger partial charge on any atom is 0.243 e. The highest BCUT2D eigenvalue weighted by atomic mass is 35.5. The quantitative estimate of drug-likeness (QED) is 0.821. The fourth-order valence-corrected chi connectivity index (χ4v) is 3.51. The van der Waals surface area contributed by atoms with E-state index in [1.807, 2.05) is 0 Å². The molecule has 0 radical (unpaired) electrons. The smallest absolute Gasteiger partial charge is 0.243 e. The minimum Gasteiger partial charge on any atom is -0.496 e. The van der Waals surface area contributed by atoms with Crippen LogP contribution in [0.2, 0.25) is 5.02 Å². The number of hydrogen-bond acceptors (Lipinski definition) is 5. The summed E-state index contributed by atoms with van der Waals surface area (Å²) in [5, 5.41) is 2.81. The molecule has 1 aromatic heterocycles. The number of halogens is 1. The molecule has 2 aromatic rings. The number of pyridine rings is 1. The van der Waals surface area contributed by atoms with Crippen LogP contribution in [0.3, 0.4) is 0 Å². The van der Waals surface area contributed by atoms with Gasteiger partial charge in [0.15, 0.2) is 0 Å². The van der Waals surface area contributed by atoms with Gasteiger partial charge in [0.2, 0.25) is 15.9 Å². The highest BCUT2D eigenvalue weighted by Gasteiger charge is 2.24. The average molecular weight is 384 g/mol. The average Bonchev–Trinajstić information content (AvgIpc) is 2.60. The fraction of sp³-hybridized carbons (Fsp3) is 0.250. The van der Waals surface area contributed by atoms with Crippen molar-refractivity contribution in [3.05, 3.63) is 41.7 Å². The van der Waals surface area contributed by atoms with Crippen LogP contribution in [0.5, 0.6) is 5.75 Å². The molecular formula is C16H18ClN3O4S. The Bertz CT molecular complexity index is 887. The molecule has 134 valence electrons.